The van der Waals surface area contributed by atoms with Gasteiger partial charge in [0.25, 0.3) is 0 Å². The van der Waals surface area contributed by atoms with E-state index in [-0.39, 0.29) is 2.85 Å². The number of rotatable bonds is 0. The SMILES string of the molecule is CC1=C(C)C[C-]=C1.[C-]1=CC=CC1.[CH2]=[Zr+2].[H-].[H-]. The molecule has 0 aromatic carbocycles. The van der Waals surface area contributed by atoms with Crippen molar-refractivity contribution in [2.24, 2.45) is 0 Å². The molecule has 0 aliphatic heterocycles. The fourth-order valence-electron chi connectivity index (χ4n) is 0.960. The van der Waals surface area contributed by atoms with Crippen LogP contribution in [0.2, 0.25) is 0 Å². The third-order valence-corrected chi connectivity index (χ3v) is 1.94. The van der Waals surface area contributed by atoms with Crippen LogP contribution in [0.25, 0.3) is 0 Å². The molecule has 0 unspecified atom stereocenters. The van der Waals surface area contributed by atoms with Crippen LogP contribution in [0.15, 0.2) is 35.5 Å². The summed E-state index contributed by atoms with van der Waals surface area (Å²) in [6.07, 6.45) is 16.2. The average Bonchev–Trinajstić information content (AvgIpc) is 2.86. The molecule has 2 aliphatic carbocycles. The molecular formula is C13H18Zr-2. The summed E-state index contributed by atoms with van der Waals surface area (Å²) in [7, 11) is 0. The zero-order valence-electron chi connectivity index (χ0n) is 10.9. The van der Waals surface area contributed by atoms with Crippen LogP contribution in [-0.2, 0) is 24.2 Å². The molecule has 0 N–H and O–H groups in total. The van der Waals surface area contributed by atoms with Gasteiger partial charge in [0.05, 0.1) is 0 Å². The van der Waals surface area contributed by atoms with Crippen LogP contribution in [0.3, 0.4) is 0 Å². The van der Waals surface area contributed by atoms with E-state index in [1.54, 1.807) is 0 Å². The Balaban J connectivity index is -0.000000169. The first-order valence-corrected chi connectivity index (χ1v) is 6.34. The number of allylic oxidation sites excluding steroid dienone is 8. The first-order chi connectivity index (χ1) is 6.80. The maximum atomic E-state index is 3.34. The smallest absolute Gasteiger partial charge is 1.00 e. The van der Waals surface area contributed by atoms with Crippen LogP contribution < -0.4 is 0 Å². The summed E-state index contributed by atoms with van der Waals surface area (Å²) in [5.74, 6) is 0. The Hall–Kier alpha value is -0.287. The van der Waals surface area contributed by atoms with Gasteiger partial charge in [-0.2, -0.15) is 11.6 Å². The van der Waals surface area contributed by atoms with Gasteiger partial charge in [-0.3, -0.25) is 12.2 Å². The third-order valence-electron chi connectivity index (χ3n) is 1.94. The summed E-state index contributed by atoms with van der Waals surface area (Å²) in [4.78, 5) is 0. The van der Waals surface area contributed by atoms with Gasteiger partial charge in [0.2, 0.25) is 0 Å². The van der Waals surface area contributed by atoms with E-state index in [2.05, 4.69) is 42.4 Å². The minimum Gasteiger partial charge on any atom is -1.00 e. The Labute approximate surface area is 105 Å². The molecule has 0 saturated heterocycles. The fourth-order valence-corrected chi connectivity index (χ4v) is 0.960. The van der Waals surface area contributed by atoms with Gasteiger partial charge in [-0.1, -0.05) is 6.92 Å². The monoisotopic (exact) mass is 264 g/mol. The number of hydrogen-bond donors (Lipinski definition) is 0. The Kier molecular flexibility index (Phi) is 9.09. The van der Waals surface area contributed by atoms with Crippen LogP contribution in [-0.4, -0.2) is 4.21 Å². The van der Waals surface area contributed by atoms with E-state index in [0.717, 1.165) is 12.8 Å². The Morgan fingerprint density at radius 3 is 2.21 bits per heavy atom. The van der Waals surface area contributed by atoms with Gasteiger partial charge in [0.1, 0.15) is 0 Å². The van der Waals surface area contributed by atoms with Crippen LogP contribution in [0.5, 0.6) is 0 Å². The molecule has 0 atom stereocenters. The second-order valence-corrected chi connectivity index (χ2v) is 2.99. The maximum Gasteiger partial charge on any atom is -1.00 e. The van der Waals surface area contributed by atoms with E-state index in [9.17, 15) is 0 Å². The van der Waals surface area contributed by atoms with Crippen molar-refractivity contribution in [1.82, 2.24) is 0 Å². The molecule has 0 amide bonds. The van der Waals surface area contributed by atoms with Crippen molar-refractivity contribution in [3.8, 4) is 0 Å². The van der Waals surface area contributed by atoms with Gasteiger partial charge in [0, 0.05) is 0 Å². The van der Waals surface area contributed by atoms with Crippen molar-refractivity contribution in [3.63, 3.8) is 0 Å². The van der Waals surface area contributed by atoms with Crippen molar-refractivity contribution in [1.29, 1.82) is 0 Å². The summed E-state index contributed by atoms with van der Waals surface area (Å²) in [5.41, 5.74) is 2.85. The largest absolute Gasteiger partial charge is 1.00 e. The zero-order valence-corrected chi connectivity index (χ0v) is 11.4. The quantitative estimate of drug-likeness (QED) is 0.587. The van der Waals surface area contributed by atoms with Crippen LogP contribution >= 0.6 is 0 Å². The second kappa shape index (κ2) is 9.28. The average molecular weight is 266 g/mol. The van der Waals surface area contributed by atoms with E-state index in [4.69, 9.17) is 0 Å². The Morgan fingerprint density at radius 1 is 1.36 bits per heavy atom. The van der Waals surface area contributed by atoms with E-state index in [1.165, 1.54) is 35.4 Å². The molecule has 1 heteroatoms. The Morgan fingerprint density at radius 2 is 2.07 bits per heavy atom. The molecule has 0 aromatic heterocycles. The van der Waals surface area contributed by atoms with Crippen molar-refractivity contribution in [2.75, 3.05) is 0 Å². The van der Waals surface area contributed by atoms with Crippen molar-refractivity contribution >= 4 is 4.21 Å². The summed E-state index contributed by atoms with van der Waals surface area (Å²) in [6, 6.07) is 0. The summed E-state index contributed by atoms with van der Waals surface area (Å²) >= 11 is 1.30. The molecule has 0 nitrogen and oxygen atoms in total. The topological polar surface area (TPSA) is 0 Å². The van der Waals surface area contributed by atoms with Crippen molar-refractivity contribution < 1.29 is 27.1 Å². The minimum atomic E-state index is 0. The third kappa shape index (κ3) is 6.21. The van der Waals surface area contributed by atoms with Crippen LogP contribution in [0.1, 0.15) is 29.5 Å². The molecule has 0 bridgehead atoms. The standard InChI is InChI=1S/C7H9.C5H5.CH2.Zr.2H/c1-6-4-3-5-7(6)2;1-2-4-5-3-1;;;;/h4H,5H2,1-2H3;1-3H,4H2;1H2;;;/q2*-1;;+2;2*-1. The van der Waals surface area contributed by atoms with E-state index in [0.29, 0.717) is 0 Å². The van der Waals surface area contributed by atoms with Gasteiger partial charge in [-0.15, -0.1) is 19.8 Å². The van der Waals surface area contributed by atoms with Crippen LogP contribution in [0.4, 0.5) is 0 Å². The predicted molar refractivity (Wildman–Crippen MR) is 61.7 cm³/mol. The molecule has 76 valence electrons. The van der Waals surface area contributed by atoms with E-state index < -0.39 is 0 Å². The molecule has 0 saturated carbocycles. The summed E-state index contributed by atoms with van der Waals surface area (Å²) in [5, 5.41) is 0. The molecular weight excluding hydrogens is 247 g/mol. The van der Waals surface area contributed by atoms with Gasteiger partial charge in [0.15, 0.2) is 0 Å². The predicted octanol–water partition coefficient (Wildman–Crippen LogP) is 3.58. The molecule has 2 rings (SSSR count). The second-order valence-electron chi connectivity index (χ2n) is 2.99. The molecule has 2 aliphatic rings. The van der Waals surface area contributed by atoms with Gasteiger partial charge < -0.3 is 2.85 Å². The van der Waals surface area contributed by atoms with Gasteiger partial charge in [-0.05, 0) is 0 Å². The Bertz CT molecular complexity index is 266. The fraction of sp³-hybridized carbons (Fsp3) is 0.308. The van der Waals surface area contributed by atoms with Crippen molar-refractivity contribution in [2.45, 2.75) is 26.7 Å². The van der Waals surface area contributed by atoms with Gasteiger partial charge in [-0.25, -0.2) is 23.8 Å². The first kappa shape index (κ1) is 13.7. The van der Waals surface area contributed by atoms with E-state index in [1.807, 2.05) is 12.2 Å². The van der Waals surface area contributed by atoms with Crippen LogP contribution in [0, 0.1) is 12.2 Å². The maximum absolute atomic E-state index is 3.34. The molecule has 0 fully saturated rings. The van der Waals surface area contributed by atoms with Crippen molar-refractivity contribution in [3.05, 3.63) is 47.6 Å². The van der Waals surface area contributed by atoms with E-state index >= 15 is 0 Å². The normalized spacial score (nSPS) is 16.3. The number of hydrogen-bond acceptors (Lipinski definition) is 0. The summed E-state index contributed by atoms with van der Waals surface area (Å²) in [6.45, 7) is 4.27. The zero-order chi connectivity index (χ0) is 10.8. The first-order valence-electron chi connectivity index (χ1n) is 4.61. The molecule has 0 radical (unpaired) electrons. The van der Waals surface area contributed by atoms with Gasteiger partial charge >= 0.3 is 28.4 Å². The minimum absolute atomic E-state index is 0. The summed E-state index contributed by atoms with van der Waals surface area (Å²) < 4.78 is 3.34. The molecule has 0 aromatic rings. The molecule has 14 heavy (non-hydrogen) atoms. The molecule has 0 heterocycles. The molecule has 0 spiro atoms.